The van der Waals surface area contributed by atoms with Gasteiger partial charge in [-0.3, -0.25) is 0 Å². The van der Waals surface area contributed by atoms with Gasteiger partial charge in [-0.15, -0.1) is 0 Å². The second-order valence-corrected chi connectivity index (χ2v) is 6.04. The molecule has 0 bridgehead atoms. The highest BCUT2D eigenvalue weighted by Gasteiger charge is 2.00. The molecule has 2 aromatic carbocycles. The Morgan fingerprint density at radius 1 is 0.700 bits per heavy atom. The van der Waals surface area contributed by atoms with Crippen LogP contribution in [0.1, 0.15) is 12.8 Å². The monoisotopic (exact) mass is 400 g/mol. The van der Waals surface area contributed by atoms with Crippen LogP contribution in [0.2, 0.25) is 0 Å². The standard InChI is InChI=1S/C16H18Br2O2/c17-7-1-9-19-15-5-3-14-12-16(20-10-2-8-18)6-4-13(14)11-15/h3-6,11-12H,1-2,7-10H2. The lowest BCUT2D eigenvalue weighted by molar-refractivity contribution is 0.318. The molecular weight excluding hydrogens is 384 g/mol. The van der Waals surface area contributed by atoms with Crippen molar-refractivity contribution in [2.75, 3.05) is 23.9 Å². The average molecular weight is 402 g/mol. The third kappa shape index (κ3) is 4.67. The van der Waals surface area contributed by atoms with Crippen LogP contribution >= 0.6 is 31.9 Å². The molecule has 2 nitrogen and oxygen atoms in total. The molecule has 2 rings (SSSR count). The summed E-state index contributed by atoms with van der Waals surface area (Å²) in [5.74, 6) is 1.85. The largest absolute Gasteiger partial charge is 0.494 e. The fourth-order valence-corrected chi connectivity index (χ4v) is 2.33. The molecule has 0 saturated carbocycles. The predicted molar refractivity (Wildman–Crippen MR) is 91.8 cm³/mol. The van der Waals surface area contributed by atoms with Gasteiger partial charge in [0, 0.05) is 10.7 Å². The molecule has 0 unspecified atom stereocenters. The third-order valence-corrected chi connectivity index (χ3v) is 4.00. The Labute approximate surface area is 136 Å². The SMILES string of the molecule is BrCCCOc1ccc2cc(OCCCBr)ccc2c1. The highest BCUT2D eigenvalue weighted by atomic mass is 79.9. The average Bonchev–Trinajstić information content (AvgIpc) is 2.48. The Morgan fingerprint density at radius 2 is 1.15 bits per heavy atom. The lowest BCUT2D eigenvalue weighted by Gasteiger charge is -2.09. The summed E-state index contributed by atoms with van der Waals surface area (Å²) in [6.45, 7) is 1.48. The van der Waals surface area contributed by atoms with Crippen molar-refractivity contribution >= 4 is 42.6 Å². The van der Waals surface area contributed by atoms with Crippen LogP contribution in [0.4, 0.5) is 0 Å². The summed E-state index contributed by atoms with van der Waals surface area (Å²) in [4.78, 5) is 0. The Balaban J connectivity index is 2.04. The van der Waals surface area contributed by atoms with Crippen LogP contribution in [0.5, 0.6) is 11.5 Å². The van der Waals surface area contributed by atoms with Crippen molar-refractivity contribution in [1.29, 1.82) is 0 Å². The fraction of sp³-hybridized carbons (Fsp3) is 0.375. The molecule has 0 aromatic heterocycles. The molecular formula is C16H18Br2O2. The first-order valence-electron chi connectivity index (χ1n) is 6.75. The van der Waals surface area contributed by atoms with E-state index in [-0.39, 0.29) is 0 Å². The molecule has 0 atom stereocenters. The lowest BCUT2D eigenvalue weighted by atomic mass is 10.1. The van der Waals surface area contributed by atoms with Gasteiger partial charge in [-0.2, -0.15) is 0 Å². The van der Waals surface area contributed by atoms with E-state index in [9.17, 15) is 0 Å². The third-order valence-electron chi connectivity index (χ3n) is 2.88. The lowest BCUT2D eigenvalue weighted by Crippen LogP contribution is -1.98. The minimum Gasteiger partial charge on any atom is -0.494 e. The molecule has 20 heavy (non-hydrogen) atoms. The number of ether oxygens (including phenoxy) is 2. The minimum atomic E-state index is 0.741. The molecule has 0 saturated heterocycles. The zero-order chi connectivity index (χ0) is 14.2. The summed E-state index contributed by atoms with van der Waals surface area (Å²) in [6, 6.07) is 12.3. The van der Waals surface area contributed by atoms with Crippen molar-refractivity contribution in [3.8, 4) is 11.5 Å². The summed E-state index contributed by atoms with van der Waals surface area (Å²) in [7, 11) is 0. The van der Waals surface area contributed by atoms with E-state index in [1.165, 1.54) is 10.8 Å². The fourth-order valence-electron chi connectivity index (χ4n) is 1.87. The number of benzene rings is 2. The molecule has 0 aliphatic rings. The van der Waals surface area contributed by atoms with Crippen LogP contribution in [-0.4, -0.2) is 23.9 Å². The van der Waals surface area contributed by atoms with Gasteiger partial charge in [-0.05, 0) is 47.9 Å². The van der Waals surface area contributed by atoms with E-state index < -0.39 is 0 Å². The number of halogens is 2. The highest BCUT2D eigenvalue weighted by Crippen LogP contribution is 2.25. The molecule has 0 amide bonds. The molecule has 2 aromatic rings. The van der Waals surface area contributed by atoms with E-state index in [4.69, 9.17) is 9.47 Å². The van der Waals surface area contributed by atoms with E-state index in [0.717, 1.165) is 48.2 Å². The summed E-state index contributed by atoms with van der Waals surface area (Å²) >= 11 is 6.80. The highest BCUT2D eigenvalue weighted by molar-refractivity contribution is 9.09. The Kier molecular flexibility index (Phi) is 6.67. The molecule has 0 aliphatic heterocycles. The molecule has 0 heterocycles. The van der Waals surface area contributed by atoms with Crippen molar-refractivity contribution in [1.82, 2.24) is 0 Å². The van der Waals surface area contributed by atoms with Crippen molar-refractivity contribution in [2.45, 2.75) is 12.8 Å². The smallest absolute Gasteiger partial charge is 0.119 e. The number of hydrogen-bond donors (Lipinski definition) is 0. The molecule has 0 aliphatic carbocycles. The summed E-state index contributed by atoms with van der Waals surface area (Å²) in [6.07, 6.45) is 2.02. The van der Waals surface area contributed by atoms with Gasteiger partial charge in [-0.25, -0.2) is 0 Å². The molecule has 0 fully saturated rings. The molecule has 4 heteroatoms. The van der Waals surface area contributed by atoms with Gasteiger partial charge in [0.05, 0.1) is 13.2 Å². The Hall–Kier alpha value is -0.740. The van der Waals surface area contributed by atoms with Gasteiger partial charge in [0.15, 0.2) is 0 Å². The summed E-state index contributed by atoms with van der Waals surface area (Å²) in [5, 5.41) is 4.29. The molecule has 0 spiro atoms. The van der Waals surface area contributed by atoms with Crippen LogP contribution < -0.4 is 9.47 Å². The van der Waals surface area contributed by atoms with Crippen LogP contribution in [0, 0.1) is 0 Å². The number of rotatable bonds is 8. The predicted octanol–water partition coefficient (Wildman–Crippen LogP) is 5.17. The quantitative estimate of drug-likeness (QED) is 0.448. The topological polar surface area (TPSA) is 18.5 Å². The van der Waals surface area contributed by atoms with Gasteiger partial charge in [0.25, 0.3) is 0 Å². The summed E-state index contributed by atoms with van der Waals surface area (Å²) < 4.78 is 11.4. The van der Waals surface area contributed by atoms with Gasteiger partial charge >= 0.3 is 0 Å². The first-order chi connectivity index (χ1) is 9.83. The van der Waals surface area contributed by atoms with Crippen LogP contribution in [-0.2, 0) is 0 Å². The second-order valence-electron chi connectivity index (χ2n) is 4.45. The van der Waals surface area contributed by atoms with Gasteiger partial charge < -0.3 is 9.47 Å². The van der Waals surface area contributed by atoms with Crippen molar-refractivity contribution in [3.05, 3.63) is 36.4 Å². The normalized spacial score (nSPS) is 10.7. The van der Waals surface area contributed by atoms with Crippen molar-refractivity contribution in [2.24, 2.45) is 0 Å². The van der Waals surface area contributed by atoms with Crippen molar-refractivity contribution in [3.63, 3.8) is 0 Å². The molecule has 108 valence electrons. The first-order valence-corrected chi connectivity index (χ1v) is 8.99. The second kappa shape index (κ2) is 8.53. The molecule has 0 radical (unpaired) electrons. The number of hydrogen-bond acceptors (Lipinski definition) is 2. The van der Waals surface area contributed by atoms with E-state index >= 15 is 0 Å². The van der Waals surface area contributed by atoms with E-state index in [1.807, 2.05) is 12.1 Å². The maximum absolute atomic E-state index is 5.70. The van der Waals surface area contributed by atoms with Crippen LogP contribution in [0.3, 0.4) is 0 Å². The zero-order valence-corrected chi connectivity index (χ0v) is 14.5. The maximum Gasteiger partial charge on any atom is 0.119 e. The van der Waals surface area contributed by atoms with Crippen LogP contribution in [0.15, 0.2) is 36.4 Å². The maximum atomic E-state index is 5.70. The zero-order valence-electron chi connectivity index (χ0n) is 11.3. The van der Waals surface area contributed by atoms with E-state index in [1.54, 1.807) is 0 Å². The number of alkyl halides is 2. The van der Waals surface area contributed by atoms with E-state index in [0.29, 0.717) is 0 Å². The Morgan fingerprint density at radius 3 is 1.55 bits per heavy atom. The first kappa shape index (κ1) is 15.6. The summed E-state index contributed by atoms with van der Waals surface area (Å²) in [5.41, 5.74) is 0. The Bertz CT molecular complexity index is 494. The van der Waals surface area contributed by atoms with Gasteiger partial charge in [-0.1, -0.05) is 44.0 Å². The van der Waals surface area contributed by atoms with E-state index in [2.05, 4.69) is 56.1 Å². The number of fused-ring (bicyclic) bond motifs is 1. The van der Waals surface area contributed by atoms with Crippen molar-refractivity contribution < 1.29 is 9.47 Å². The van der Waals surface area contributed by atoms with Crippen LogP contribution in [0.25, 0.3) is 10.8 Å². The minimum absolute atomic E-state index is 0.741. The van der Waals surface area contributed by atoms with Gasteiger partial charge in [0.2, 0.25) is 0 Å². The van der Waals surface area contributed by atoms with Gasteiger partial charge in [0.1, 0.15) is 11.5 Å². The molecule has 0 N–H and O–H groups in total.